The molecule has 2 aromatic heterocycles. The summed E-state index contributed by atoms with van der Waals surface area (Å²) in [5.74, 6) is -4.64. The van der Waals surface area contributed by atoms with E-state index in [2.05, 4.69) is 0 Å². The summed E-state index contributed by atoms with van der Waals surface area (Å²) in [6.07, 6.45) is 0. The summed E-state index contributed by atoms with van der Waals surface area (Å²) in [5, 5.41) is 42.8. The molecule has 18 nitrogen and oxygen atoms in total. The molecular weight excluding hydrogens is 907 g/mol. The van der Waals surface area contributed by atoms with Gasteiger partial charge in [-0.1, -0.05) is 36.4 Å². The number of benzene rings is 6. The zero-order valence-corrected chi connectivity index (χ0v) is 36.6. The maximum absolute atomic E-state index is 16.4. The number of fused-ring (bicyclic) bond motifs is 14. The van der Waals surface area contributed by atoms with Crippen LogP contribution in [0.1, 0.15) is 63.7 Å². The number of hydrogen-bond donors (Lipinski definition) is 4. The number of carboxylic acids is 4. The summed E-state index contributed by atoms with van der Waals surface area (Å²) < 4.78 is 27.1. The van der Waals surface area contributed by atoms with E-state index < -0.39 is 46.2 Å². The Morgan fingerprint density at radius 1 is 0.426 bits per heavy atom. The van der Waals surface area contributed by atoms with Gasteiger partial charge in [-0.05, 0) is 97.1 Å². The molecule has 4 aliphatic heterocycles. The molecule has 6 aromatic carbocycles. The van der Waals surface area contributed by atoms with Crippen LogP contribution in [-0.2, 0) is 8.14 Å². The van der Waals surface area contributed by atoms with Gasteiger partial charge in [0.2, 0.25) is 7.37 Å². The molecule has 4 aliphatic rings. The fourth-order valence-electron chi connectivity index (χ4n) is 8.87. The molecule has 6 bridgehead atoms. The zero-order chi connectivity index (χ0) is 46.7. The summed E-state index contributed by atoms with van der Waals surface area (Å²) >= 11 is -4.06. The minimum Gasteiger partial charge on any atom is -0.478 e. The van der Waals surface area contributed by atoms with E-state index in [9.17, 15) is 39.6 Å². The van der Waals surface area contributed by atoms with Crippen LogP contribution in [0.2, 0.25) is 0 Å². The summed E-state index contributed by atoms with van der Waals surface area (Å²) in [4.78, 5) is 80.8. The lowest BCUT2D eigenvalue weighted by molar-refractivity contribution is 0.0686. The predicted molar refractivity (Wildman–Crippen MR) is 250 cm³/mol. The van der Waals surface area contributed by atoms with Crippen LogP contribution in [0.15, 0.2) is 163 Å². The number of carboxylic acid groups (broad SMARTS) is 4. The molecule has 0 radical (unpaired) electrons. The van der Waals surface area contributed by atoms with Crippen molar-refractivity contribution in [2.75, 3.05) is 0 Å². The van der Waals surface area contributed by atoms with Crippen molar-refractivity contribution in [3.05, 3.63) is 189 Å². The second-order valence-corrected chi connectivity index (χ2v) is 20.6. The molecule has 0 spiro atoms. The van der Waals surface area contributed by atoms with Crippen molar-refractivity contribution in [1.29, 1.82) is 0 Å². The van der Waals surface area contributed by atoms with E-state index in [1.165, 1.54) is 48.5 Å². The third-order valence-corrected chi connectivity index (χ3v) is 17.8. The first-order chi connectivity index (χ1) is 32.9. The number of amidine groups is 4. The first kappa shape index (κ1) is 40.8. The highest BCUT2D eigenvalue weighted by atomic mass is 31.2. The van der Waals surface area contributed by atoms with E-state index >= 15 is 4.57 Å². The fourth-order valence-corrected chi connectivity index (χ4v) is 14.9. The molecular formula is C48H26AlN8O10P. The van der Waals surface area contributed by atoms with E-state index in [1.54, 1.807) is 92.0 Å². The van der Waals surface area contributed by atoms with E-state index in [0.29, 0.717) is 32.5 Å². The molecule has 68 heavy (non-hydrogen) atoms. The highest BCUT2D eigenvalue weighted by molar-refractivity contribution is 7.75. The van der Waals surface area contributed by atoms with Gasteiger partial charge >= 0.3 is 38.8 Å². The molecule has 6 heterocycles. The highest BCUT2D eigenvalue weighted by Crippen LogP contribution is 2.49. The number of aromatic nitrogens is 2. The standard InChI is InChI=1S/C36H18N8O8.C12H11O2P.Al/c45-33(46)13-1-5-17-21(9-13)29-37-25(17)41-30-22-10-14(34(47)48)2-6-18(22)27(38-30)43-32-24-12-16(36(51)52)4-8-20(24)28(40-32)44-31-23-11-15(35(49)50)3-7-19(23)26(39-31)42-29;13-15(14,11-7-3-1-4-8-11)12-9-5-2-6-10-12;/h1-12H,(H6,37,38,39,40,41,42,43,44,45,46,47,48,49,50,51,52);1-10H,(H,13,14);/q;;+3/p-3. The van der Waals surface area contributed by atoms with Gasteiger partial charge in [0.1, 0.15) is 22.6 Å². The van der Waals surface area contributed by atoms with Gasteiger partial charge in [0.25, 0.3) is 0 Å². The number of nitrogens with zero attached hydrogens (tertiary/aromatic N) is 8. The number of carbonyl (C=O) groups is 4. The molecule has 0 aliphatic carbocycles. The number of aliphatic imine (C=N–C) groups is 4. The lowest BCUT2D eigenvalue weighted by atomic mass is 10.0. The van der Waals surface area contributed by atoms with Crippen LogP contribution in [0.4, 0.5) is 11.6 Å². The lowest BCUT2D eigenvalue weighted by Gasteiger charge is -2.26. The van der Waals surface area contributed by atoms with Crippen LogP contribution in [0.5, 0.6) is 0 Å². The maximum atomic E-state index is 16.4. The van der Waals surface area contributed by atoms with Gasteiger partial charge in [-0.3, -0.25) is 4.57 Å². The Balaban J connectivity index is 1.34. The summed E-state index contributed by atoms with van der Waals surface area (Å²) in [5.41, 5.74) is 1.08. The Morgan fingerprint density at radius 2 is 0.838 bits per heavy atom. The molecule has 12 rings (SSSR count). The second-order valence-electron chi connectivity index (χ2n) is 15.9. The minimum absolute atomic E-state index is 0.0197. The van der Waals surface area contributed by atoms with Gasteiger partial charge in [-0.25, -0.2) is 49.1 Å². The highest BCUT2D eigenvalue weighted by Gasteiger charge is 2.48. The average Bonchev–Trinajstić information content (AvgIpc) is 4.05. The zero-order valence-electron chi connectivity index (χ0n) is 34.5. The molecule has 4 N–H and O–H groups in total. The normalized spacial score (nSPS) is 14.1. The molecule has 0 fully saturated rings. The second kappa shape index (κ2) is 14.9. The van der Waals surface area contributed by atoms with Crippen LogP contribution in [0.3, 0.4) is 0 Å². The predicted octanol–water partition coefficient (Wildman–Crippen LogP) is 5.66. The Hall–Kier alpha value is -8.72. The Labute approximate surface area is 385 Å². The topological polar surface area (TPSA) is 260 Å². The Bertz CT molecular complexity index is 3970. The van der Waals surface area contributed by atoms with Gasteiger partial charge in [0.15, 0.2) is 23.3 Å². The monoisotopic (exact) mass is 932 g/mol. The van der Waals surface area contributed by atoms with Crippen LogP contribution < -0.4 is 21.6 Å². The van der Waals surface area contributed by atoms with E-state index in [0.717, 1.165) is 0 Å². The smallest absolute Gasteiger partial charge is 0.478 e. The van der Waals surface area contributed by atoms with Crippen LogP contribution in [0, 0.1) is 0 Å². The van der Waals surface area contributed by atoms with Gasteiger partial charge in [-0.2, -0.15) is 0 Å². The first-order valence-electron chi connectivity index (χ1n) is 20.6. The molecule has 326 valence electrons. The fraction of sp³-hybridized carbons (Fsp3) is 0. The molecule has 8 aromatic rings. The summed E-state index contributed by atoms with van der Waals surface area (Å²) in [6.45, 7) is 0. The van der Waals surface area contributed by atoms with Gasteiger partial charge in [0, 0.05) is 54.4 Å². The molecule has 0 atom stereocenters. The molecule has 20 heteroatoms. The van der Waals surface area contributed by atoms with E-state index in [1.807, 2.05) is 0 Å². The van der Waals surface area contributed by atoms with Crippen LogP contribution in [-0.4, -0.2) is 89.7 Å². The average molecular weight is 933 g/mol. The van der Waals surface area contributed by atoms with Crippen molar-refractivity contribution < 1.29 is 47.7 Å². The van der Waals surface area contributed by atoms with Gasteiger partial charge < -0.3 is 31.1 Å². The first-order valence-corrected chi connectivity index (χ1v) is 23.8. The Kier molecular flexibility index (Phi) is 8.93. The largest absolute Gasteiger partial charge is 0.815 e. The van der Waals surface area contributed by atoms with Crippen molar-refractivity contribution in [3.8, 4) is 0 Å². The molecule has 0 amide bonds. The lowest BCUT2D eigenvalue weighted by Crippen LogP contribution is -2.49. The molecule has 0 unspecified atom stereocenters. The SMILES string of the molecule is O=C(O)c1ccc2c(c1)C1=NC2=Nc2c3cc(C(=O)O)ccc3c3[n]2[Al]([O]P(=O)(c2ccccc2)c2ccccc2)[n]2c(c4ccc(C(=O)O)cc4c2=NC2=NC(=N3)c3cc(C(=O)O)ccc32)=N1. The molecule has 0 saturated carbocycles. The minimum atomic E-state index is -4.27. The third kappa shape index (κ3) is 6.11. The quantitative estimate of drug-likeness (QED) is 0.107. The van der Waals surface area contributed by atoms with Crippen LogP contribution in [0.25, 0.3) is 21.5 Å². The van der Waals surface area contributed by atoms with E-state index in [4.69, 9.17) is 33.5 Å². The van der Waals surface area contributed by atoms with Crippen molar-refractivity contribution >= 4 is 113 Å². The number of aromatic carboxylic acids is 4. The van der Waals surface area contributed by atoms with Crippen molar-refractivity contribution in [3.63, 3.8) is 0 Å². The van der Waals surface area contributed by atoms with Crippen molar-refractivity contribution in [2.24, 2.45) is 30.0 Å². The Morgan fingerprint density at radius 3 is 1.37 bits per heavy atom. The summed E-state index contributed by atoms with van der Waals surface area (Å²) in [7, 11) is -4.27. The third-order valence-electron chi connectivity index (χ3n) is 12.1. The van der Waals surface area contributed by atoms with Crippen molar-refractivity contribution in [1.82, 2.24) is 7.10 Å². The maximum Gasteiger partial charge on any atom is 0.815 e. The van der Waals surface area contributed by atoms with Gasteiger partial charge in [-0.15, -0.1) is 0 Å². The number of rotatable bonds is 8. The number of hydrogen-bond acceptors (Lipinski definition) is 12. The van der Waals surface area contributed by atoms with Crippen LogP contribution >= 0.6 is 7.37 Å². The van der Waals surface area contributed by atoms with Crippen molar-refractivity contribution in [2.45, 2.75) is 0 Å². The van der Waals surface area contributed by atoms with Gasteiger partial charge in [0.05, 0.1) is 22.3 Å². The molecule has 0 saturated heterocycles. The summed E-state index contributed by atoms with van der Waals surface area (Å²) in [6, 6.07) is 34.6. The van der Waals surface area contributed by atoms with E-state index in [-0.39, 0.29) is 90.1 Å².